The highest BCUT2D eigenvalue weighted by atomic mass is 32.2. The number of carbonyl (C=O) groups excluding carboxylic acids is 1. The van der Waals surface area contributed by atoms with Gasteiger partial charge in [-0.25, -0.2) is 13.4 Å². The van der Waals surface area contributed by atoms with Gasteiger partial charge in [0.15, 0.2) is 0 Å². The molecule has 3 aromatic rings. The van der Waals surface area contributed by atoms with Gasteiger partial charge in [-0.2, -0.15) is 4.31 Å². The molecule has 2 heterocycles. The molecule has 1 aliphatic heterocycles. The van der Waals surface area contributed by atoms with E-state index in [1.165, 1.54) is 21.5 Å². The lowest BCUT2D eigenvalue weighted by Crippen LogP contribution is -2.50. The molecule has 8 nitrogen and oxygen atoms in total. The van der Waals surface area contributed by atoms with E-state index in [4.69, 9.17) is 0 Å². The summed E-state index contributed by atoms with van der Waals surface area (Å²) in [6.07, 6.45) is 2.65. The van der Waals surface area contributed by atoms with Crippen molar-refractivity contribution in [1.29, 1.82) is 0 Å². The third-order valence-corrected chi connectivity index (χ3v) is 6.36. The highest BCUT2D eigenvalue weighted by Gasteiger charge is 2.26. The van der Waals surface area contributed by atoms with Crippen LogP contribution in [0.25, 0.3) is 16.6 Å². The number of hydrogen-bond donors (Lipinski definition) is 0. The fourth-order valence-corrected chi connectivity index (χ4v) is 4.25. The Labute approximate surface area is 168 Å². The van der Waals surface area contributed by atoms with Crippen LogP contribution >= 0.6 is 0 Å². The number of sulfonamides is 1. The van der Waals surface area contributed by atoms with Crippen LogP contribution in [-0.4, -0.2) is 65.5 Å². The quantitative estimate of drug-likeness (QED) is 0.642. The van der Waals surface area contributed by atoms with Crippen LogP contribution in [0.5, 0.6) is 0 Å². The minimum atomic E-state index is -3.24. The summed E-state index contributed by atoms with van der Waals surface area (Å²) < 4.78 is 26.0. The maximum absolute atomic E-state index is 12.7. The molecule has 9 heteroatoms. The van der Waals surface area contributed by atoms with E-state index in [0.29, 0.717) is 48.3 Å². The van der Waals surface area contributed by atoms with Gasteiger partial charge in [0, 0.05) is 31.7 Å². The van der Waals surface area contributed by atoms with Crippen molar-refractivity contribution in [3.63, 3.8) is 0 Å². The second-order valence-corrected chi connectivity index (χ2v) is 8.92. The largest absolute Gasteiger partial charge is 0.336 e. The molecule has 0 radical (unpaired) electrons. The molecule has 0 bridgehead atoms. The fraction of sp³-hybridized carbons (Fsp3) is 0.250. The maximum atomic E-state index is 12.7. The predicted molar refractivity (Wildman–Crippen MR) is 110 cm³/mol. The summed E-state index contributed by atoms with van der Waals surface area (Å²) in [4.78, 5) is 31.4. The fourth-order valence-electron chi connectivity index (χ4n) is 3.42. The van der Waals surface area contributed by atoms with Gasteiger partial charge in [0.1, 0.15) is 6.33 Å². The molecule has 4 rings (SSSR count). The molecule has 1 saturated heterocycles. The summed E-state index contributed by atoms with van der Waals surface area (Å²) in [5.41, 5.74) is 1.57. The van der Waals surface area contributed by atoms with Gasteiger partial charge in [-0.1, -0.05) is 12.1 Å². The topological polar surface area (TPSA) is 92.6 Å². The van der Waals surface area contributed by atoms with Crippen LogP contribution in [0.3, 0.4) is 0 Å². The van der Waals surface area contributed by atoms with Crippen molar-refractivity contribution in [2.75, 3.05) is 32.4 Å². The number of fused-ring (bicyclic) bond motifs is 1. The van der Waals surface area contributed by atoms with Crippen molar-refractivity contribution < 1.29 is 13.2 Å². The molecule has 0 aliphatic carbocycles. The lowest BCUT2D eigenvalue weighted by molar-refractivity contribution is 0.0698. The molecule has 1 aliphatic rings. The number of carbonyl (C=O) groups is 1. The first-order chi connectivity index (χ1) is 13.8. The SMILES string of the molecule is CS(=O)(=O)N1CCN(C(=O)c2ccc(-n3cnc4ccccc4c3=O)cc2)CC1. The summed E-state index contributed by atoms with van der Waals surface area (Å²) in [6, 6.07) is 13.9. The first-order valence-corrected chi connectivity index (χ1v) is 11.0. The number of nitrogens with zero attached hydrogens (tertiary/aromatic N) is 4. The Hall–Kier alpha value is -3.04. The van der Waals surface area contributed by atoms with Crippen LogP contribution < -0.4 is 5.56 Å². The smallest absolute Gasteiger partial charge is 0.265 e. The normalized spacial score (nSPS) is 15.6. The molecule has 0 saturated carbocycles. The van der Waals surface area contributed by atoms with Crippen LogP contribution in [0.4, 0.5) is 0 Å². The average molecular weight is 412 g/mol. The molecule has 0 atom stereocenters. The Balaban J connectivity index is 1.54. The average Bonchev–Trinajstić information content (AvgIpc) is 2.73. The molecule has 29 heavy (non-hydrogen) atoms. The summed E-state index contributed by atoms with van der Waals surface area (Å²) in [5.74, 6) is -0.159. The predicted octanol–water partition coefficient (Wildman–Crippen LogP) is 1.10. The zero-order valence-electron chi connectivity index (χ0n) is 15.9. The van der Waals surface area contributed by atoms with Crippen LogP contribution in [0.15, 0.2) is 59.7 Å². The number of benzene rings is 2. The molecule has 1 aromatic heterocycles. The number of amides is 1. The number of aromatic nitrogens is 2. The molecule has 0 unspecified atom stereocenters. The highest BCUT2D eigenvalue weighted by molar-refractivity contribution is 7.88. The lowest BCUT2D eigenvalue weighted by Gasteiger charge is -2.33. The van der Waals surface area contributed by atoms with Crippen molar-refractivity contribution in [2.45, 2.75) is 0 Å². The van der Waals surface area contributed by atoms with Crippen molar-refractivity contribution >= 4 is 26.8 Å². The van der Waals surface area contributed by atoms with Gasteiger partial charge in [0.05, 0.1) is 22.8 Å². The summed E-state index contributed by atoms with van der Waals surface area (Å²) in [7, 11) is -3.24. The molecule has 1 amide bonds. The van der Waals surface area contributed by atoms with Gasteiger partial charge in [-0.3, -0.25) is 14.2 Å². The minimum Gasteiger partial charge on any atom is -0.336 e. The summed E-state index contributed by atoms with van der Waals surface area (Å²) in [6.45, 7) is 1.28. The zero-order chi connectivity index (χ0) is 20.6. The minimum absolute atomic E-state index is 0.159. The van der Waals surface area contributed by atoms with Gasteiger partial charge in [0.25, 0.3) is 11.5 Å². The van der Waals surface area contributed by atoms with E-state index in [1.807, 2.05) is 6.07 Å². The Kier molecular flexibility index (Phi) is 4.93. The lowest BCUT2D eigenvalue weighted by atomic mass is 10.1. The van der Waals surface area contributed by atoms with Gasteiger partial charge < -0.3 is 4.90 Å². The molecular weight excluding hydrogens is 392 g/mol. The van der Waals surface area contributed by atoms with Gasteiger partial charge in [-0.15, -0.1) is 0 Å². The van der Waals surface area contributed by atoms with Crippen molar-refractivity contribution in [1.82, 2.24) is 18.8 Å². The van der Waals surface area contributed by atoms with E-state index in [1.54, 1.807) is 47.4 Å². The molecule has 150 valence electrons. The van der Waals surface area contributed by atoms with Crippen LogP contribution in [0, 0.1) is 0 Å². The van der Waals surface area contributed by atoms with Crippen molar-refractivity contribution in [3.8, 4) is 5.69 Å². The monoisotopic (exact) mass is 412 g/mol. The third kappa shape index (κ3) is 3.79. The number of para-hydroxylation sites is 1. The second kappa shape index (κ2) is 7.41. The maximum Gasteiger partial charge on any atom is 0.265 e. The van der Waals surface area contributed by atoms with Gasteiger partial charge >= 0.3 is 0 Å². The third-order valence-electron chi connectivity index (χ3n) is 5.05. The molecule has 2 aromatic carbocycles. The number of hydrogen-bond acceptors (Lipinski definition) is 5. The Bertz CT molecular complexity index is 1230. The summed E-state index contributed by atoms with van der Waals surface area (Å²) >= 11 is 0. The number of piperazine rings is 1. The Morgan fingerprint density at radius 1 is 0.966 bits per heavy atom. The van der Waals surface area contributed by atoms with Gasteiger partial charge in [-0.05, 0) is 36.4 Å². The Morgan fingerprint density at radius 2 is 1.62 bits per heavy atom. The first-order valence-electron chi connectivity index (χ1n) is 9.16. The molecule has 1 fully saturated rings. The van der Waals surface area contributed by atoms with E-state index < -0.39 is 10.0 Å². The van der Waals surface area contributed by atoms with Gasteiger partial charge in [0.2, 0.25) is 10.0 Å². The summed E-state index contributed by atoms with van der Waals surface area (Å²) in [5, 5.41) is 0.527. The highest BCUT2D eigenvalue weighted by Crippen LogP contribution is 2.14. The van der Waals surface area contributed by atoms with Crippen molar-refractivity contribution in [3.05, 3.63) is 70.8 Å². The second-order valence-electron chi connectivity index (χ2n) is 6.94. The number of rotatable bonds is 3. The van der Waals surface area contributed by atoms with E-state index in [2.05, 4.69) is 4.98 Å². The van der Waals surface area contributed by atoms with Crippen molar-refractivity contribution in [2.24, 2.45) is 0 Å². The molecule has 0 N–H and O–H groups in total. The molecule has 0 spiro atoms. The first kappa shape index (κ1) is 19.3. The zero-order valence-corrected chi connectivity index (χ0v) is 16.7. The van der Waals surface area contributed by atoms with E-state index in [9.17, 15) is 18.0 Å². The van der Waals surface area contributed by atoms with Crippen LogP contribution in [0.2, 0.25) is 0 Å². The van der Waals surface area contributed by atoms with E-state index in [-0.39, 0.29) is 11.5 Å². The standard InChI is InChI=1S/C20H20N4O4S/c1-29(27,28)23-12-10-22(11-13-23)19(25)15-6-8-16(9-7-15)24-14-21-18-5-3-2-4-17(18)20(24)26/h2-9,14H,10-13H2,1H3. The van der Waals surface area contributed by atoms with Crippen LogP contribution in [-0.2, 0) is 10.0 Å². The van der Waals surface area contributed by atoms with E-state index >= 15 is 0 Å². The van der Waals surface area contributed by atoms with E-state index in [0.717, 1.165) is 0 Å². The molecular formula is C20H20N4O4S. The Morgan fingerprint density at radius 3 is 2.28 bits per heavy atom. The van der Waals surface area contributed by atoms with Crippen LogP contribution in [0.1, 0.15) is 10.4 Å².